The number of rotatable bonds is 2. The Morgan fingerprint density at radius 3 is 2.23 bits per heavy atom. The molecule has 0 bridgehead atoms. The predicted molar refractivity (Wildman–Crippen MR) is 110 cm³/mol. The summed E-state index contributed by atoms with van der Waals surface area (Å²) in [7, 11) is 0. The van der Waals surface area contributed by atoms with Gasteiger partial charge in [0.2, 0.25) is 0 Å². The molecule has 4 rings (SSSR count). The lowest BCUT2D eigenvalue weighted by Crippen LogP contribution is -2.49. The Morgan fingerprint density at radius 2 is 1.58 bits per heavy atom. The van der Waals surface area contributed by atoms with E-state index in [2.05, 4.69) is 86.9 Å². The van der Waals surface area contributed by atoms with Crippen molar-refractivity contribution in [1.29, 1.82) is 0 Å². The highest BCUT2D eigenvalue weighted by Crippen LogP contribution is 2.49. The number of hydrogen-bond donors (Lipinski definition) is 0. The van der Waals surface area contributed by atoms with Crippen LogP contribution in [0.3, 0.4) is 0 Å². The van der Waals surface area contributed by atoms with Crippen LogP contribution in [0.1, 0.15) is 46.2 Å². The molecule has 2 unspecified atom stereocenters. The molecule has 0 aromatic heterocycles. The van der Waals surface area contributed by atoms with Gasteiger partial charge in [-0.3, -0.25) is 0 Å². The van der Waals surface area contributed by atoms with Gasteiger partial charge in [0.25, 0.3) is 0 Å². The van der Waals surface area contributed by atoms with Gasteiger partial charge in [0.05, 0.1) is 13.1 Å². The fraction of sp³-hybridized carbons (Fsp3) is 0.333. The maximum atomic E-state index is 9.43. The monoisotopic (exact) mass is 345 g/mol. The summed E-state index contributed by atoms with van der Waals surface area (Å²) < 4.78 is 9.43. The van der Waals surface area contributed by atoms with E-state index in [0.717, 1.165) is 11.3 Å². The van der Waals surface area contributed by atoms with Crippen LogP contribution in [0.5, 0.6) is 0 Å². The maximum absolute atomic E-state index is 9.43. The van der Waals surface area contributed by atoms with Crippen LogP contribution in [0.4, 0.5) is 5.69 Å². The molecule has 2 aromatic carbocycles. The molecule has 2 nitrogen and oxygen atoms in total. The van der Waals surface area contributed by atoms with Gasteiger partial charge in [-0.2, -0.15) is 0 Å². The van der Waals surface area contributed by atoms with Gasteiger partial charge < -0.3 is 9.80 Å². The van der Waals surface area contributed by atoms with Crippen molar-refractivity contribution >= 4 is 5.69 Å². The molecule has 0 N–H and O–H groups in total. The van der Waals surface area contributed by atoms with Gasteiger partial charge in [-0.05, 0) is 37.1 Å². The Labute approximate surface area is 158 Å². The molecule has 0 fully saturated rings. The lowest BCUT2D eigenvalue weighted by Gasteiger charge is -2.44. The minimum atomic E-state index is -0.896. The number of allylic oxidation sites excluding steroid dienone is 2. The molecule has 0 aliphatic carbocycles. The van der Waals surface area contributed by atoms with E-state index in [1.54, 1.807) is 0 Å². The third-order valence-corrected chi connectivity index (χ3v) is 5.36. The lowest BCUT2D eigenvalue weighted by atomic mass is 9.89. The lowest BCUT2D eigenvalue weighted by molar-refractivity contribution is 0.139. The Balaban J connectivity index is 1.91. The van der Waals surface area contributed by atoms with Gasteiger partial charge in [-0.15, -0.1) is 0 Å². The molecular formula is C24H28N2. The molecule has 134 valence electrons. The molecule has 2 heterocycles. The Kier molecular flexibility index (Phi) is 3.66. The van der Waals surface area contributed by atoms with Crippen LogP contribution in [0.2, 0.25) is 0 Å². The van der Waals surface area contributed by atoms with E-state index in [0.29, 0.717) is 0 Å². The summed E-state index contributed by atoms with van der Waals surface area (Å²) in [5, 5.41) is 0. The number of para-hydroxylation sites is 1. The Bertz CT molecular complexity index is 923. The summed E-state index contributed by atoms with van der Waals surface area (Å²) in [4.78, 5) is 4.73. The van der Waals surface area contributed by atoms with Crippen molar-refractivity contribution in [2.75, 3.05) is 4.90 Å². The average Bonchev–Trinajstić information content (AvgIpc) is 3.13. The molecular weight excluding hydrogens is 316 g/mol. The summed E-state index contributed by atoms with van der Waals surface area (Å²) in [6.07, 6.45) is 4.22. The molecule has 0 amide bonds. The topological polar surface area (TPSA) is 6.48 Å². The first-order chi connectivity index (χ1) is 12.7. The molecule has 26 heavy (non-hydrogen) atoms. The van der Waals surface area contributed by atoms with Crippen molar-refractivity contribution in [3.8, 4) is 0 Å². The van der Waals surface area contributed by atoms with Gasteiger partial charge in [0.1, 0.15) is 6.17 Å². The molecule has 2 aliphatic heterocycles. The molecule has 2 aliphatic rings. The van der Waals surface area contributed by atoms with E-state index in [4.69, 9.17) is 0 Å². The SMILES string of the molecule is [2H]C1(c2ccccc2)C=CC2=C(C)N(c3ccccc3C)C(C(C)(C)C)N21. The fourth-order valence-corrected chi connectivity index (χ4v) is 4.19. The molecule has 2 atom stereocenters. The minimum Gasteiger partial charge on any atom is -0.338 e. The summed E-state index contributed by atoms with van der Waals surface area (Å²) in [6.45, 7) is 11.1. The van der Waals surface area contributed by atoms with Crippen molar-refractivity contribution in [3.05, 3.63) is 89.3 Å². The third-order valence-electron chi connectivity index (χ3n) is 5.36. The quantitative estimate of drug-likeness (QED) is 0.655. The van der Waals surface area contributed by atoms with Crippen molar-refractivity contribution in [3.63, 3.8) is 0 Å². The summed E-state index contributed by atoms with van der Waals surface area (Å²) in [6, 6.07) is 17.8. The highest BCUT2D eigenvalue weighted by molar-refractivity contribution is 5.63. The fourth-order valence-electron chi connectivity index (χ4n) is 4.19. The van der Waals surface area contributed by atoms with Crippen LogP contribution in [0.15, 0.2) is 78.1 Å². The number of nitrogens with zero attached hydrogens (tertiary/aromatic N) is 2. The van der Waals surface area contributed by atoms with E-state index in [1.807, 2.05) is 24.3 Å². The number of hydrogen-bond acceptors (Lipinski definition) is 2. The standard InChI is InChI=1S/C24H28N2/c1-17-11-9-10-14-20(17)25-18(2)21-15-16-22(19-12-7-6-8-13-19)26(21)23(25)24(3,4)5/h6-16,22-23H,1-5H3/i22D. The molecule has 2 aromatic rings. The number of anilines is 1. The van der Waals surface area contributed by atoms with E-state index >= 15 is 0 Å². The first kappa shape index (κ1) is 15.7. The zero-order valence-corrected chi connectivity index (χ0v) is 16.3. The summed E-state index contributed by atoms with van der Waals surface area (Å²) >= 11 is 0. The van der Waals surface area contributed by atoms with Crippen LogP contribution < -0.4 is 4.90 Å². The highest BCUT2D eigenvalue weighted by atomic mass is 15.4. The van der Waals surface area contributed by atoms with Crippen LogP contribution in [-0.4, -0.2) is 11.1 Å². The third kappa shape index (κ3) is 2.56. The van der Waals surface area contributed by atoms with Crippen molar-refractivity contribution < 1.29 is 1.37 Å². The largest absolute Gasteiger partial charge is 0.338 e. The van der Waals surface area contributed by atoms with Gasteiger partial charge in [0.15, 0.2) is 0 Å². The van der Waals surface area contributed by atoms with Crippen molar-refractivity contribution in [2.24, 2.45) is 5.41 Å². The second kappa shape index (κ2) is 6.05. The maximum Gasteiger partial charge on any atom is 0.112 e. The van der Waals surface area contributed by atoms with Crippen molar-refractivity contribution in [1.82, 2.24) is 4.90 Å². The van der Waals surface area contributed by atoms with E-state index in [1.165, 1.54) is 16.9 Å². The number of benzene rings is 2. The Hall–Kier alpha value is -2.48. The van der Waals surface area contributed by atoms with Gasteiger partial charge in [-0.1, -0.05) is 75.4 Å². The molecule has 0 spiro atoms. The Morgan fingerprint density at radius 1 is 0.923 bits per heavy atom. The number of aryl methyl sites for hydroxylation is 1. The van der Waals surface area contributed by atoms with E-state index < -0.39 is 6.02 Å². The van der Waals surface area contributed by atoms with E-state index in [-0.39, 0.29) is 11.6 Å². The van der Waals surface area contributed by atoms with Crippen LogP contribution in [0.25, 0.3) is 0 Å². The molecule has 0 radical (unpaired) electrons. The van der Waals surface area contributed by atoms with Gasteiger partial charge in [-0.25, -0.2) is 0 Å². The van der Waals surface area contributed by atoms with Crippen LogP contribution in [-0.2, 0) is 0 Å². The summed E-state index contributed by atoms with van der Waals surface area (Å²) in [5.74, 6) is 0. The number of fused-ring (bicyclic) bond motifs is 1. The second-order valence-electron chi connectivity index (χ2n) is 8.32. The second-order valence-corrected chi connectivity index (χ2v) is 8.32. The molecule has 0 saturated carbocycles. The van der Waals surface area contributed by atoms with Crippen LogP contribution >= 0.6 is 0 Å². The minimum absolute atomic E-state index is 0.0433. The molecule has 2 heteroatoms. The normalized spacial score (nSPS) is 25.7. The first-order valence-electron chi connectivity index (χ1n) is 9.85. The first-order valence-corrected chi connectivity index (χ1v) is 9.35. The molecule has 0 saturated heterocycles. The predicted octanol–water partition coefficient (Wildman–Crippen LogP) is 6.03. The van der Waals surface area contributed by atoms with Crippen LogP contribution in [0, 0.1) is 12.3 Å². The smallest absolute Gasteiger partial charge is 0.112 e. The zero-order valence-electron chi connectivity index (χ0n) is 17.3. The van der Waals surface area contributed by atoms with Gasteiger partial charge in [0, 0.05) is 16.8 Å². The zero-order chi connectivity index (χ0) is 19.4. The average molecular weight is 346 g/mol. The van der Waals surface area contributed by atoms with Gasteiger partial charge >= 0.3 is 0 Å². The van der Waals surface area contributed by atoms with E-state index in [9.17, 15) is 1.37 Å². The summed E-state index contributed by atoms with van der Waals surface area (Å²) in [5.41, 5.74) is 5.80. The highest BCUT2D eigenvalue weighted by Gasteiger charge is 2.47. The van der Waals surface area contributed by atoms with Crippen molar-refractivity contribution in [2.45, 2.75) is 46.8 Å².